The fraction of sp³-hybridized carbons (Fsp3) is 0.216. The predicted octanol–water partition coefficient (Wildman–Crippen LogP) is 9.02. The van der Waals surface area contributed by atoms with Crippen LogP contribution in [0, 0.1) is 5.92 Å². The molecule has 0 saturated heterocycles. The second-order valence-electron chi connectivity index (χ2n) is 11.4. The predicted molar refractivity (Wildman–Crippen MR) is 166 cm³/mol. The van der Waals surface area contributed by atoms with Gasteiger partial charge in [-0.3, -0.25) is 4.79 Å². The van der Waals surface area contributed by atoms with Gasteiger partial charge in [-0.05, 0) is 71.0 Å². The van der Waals surface area contributed by atoms with Crippen molar-refractivity contribution in [2.45, 2.75) is 36.6 Å². The normalized spacial score (nSPS) is 22.8. The number of benzene rings is 4. The Labute approximate surface area is 241 Å². The summed E-state index contributed by atoms with van der Waals surface area (Å²) in [5.41, 5.74) is 7.02. The third kappa shape index (κ3) is 3.59. The summed E-state index contributed by atoms with van der Waals surface area (Å²) in [6.07, 6.45) is 9.14. The lowest BCUT2D eigenvalue weighted by atomic mass is 9.55. The molecule has 0 bridgehead atoms. The van der Waals surface area contributed by atoms with Gasteiger partial charge in [0.05, 0.1) is 11.5 Å². The Morgan fingerprint density at radius 3 is 2.10 bits per heavy atom. The molecule has 0 amide bonds. The number of fused-ring (bicyclic) bond motifs is 3. The number of hydrogen-bond donors (Lipinski definition) is 0. The van der Waals surface area contributed by atoms with E-state index in [0.717, 1.165) is 53.5 Å². The maximum absolute atomic E-state index is 15.0. The van der Waals surface area contributed by atoms with Crippen LogP contribution in [0.4, 0.5) is 5.69 Å². The molecule has 0 N–H and O–H groups in total. The van der Waals surface area contributed by atoms with Gasteiger partial charge in [0.1, 0.15) is 0 Å². The molecule has 198 valence electrons. The van der Waals surface area contributed by atoms with Crippen LogP contribution in [0.15, 0.2) is 121 Å². The topological polar surface area (TPSA) is 20.3 Å². The molecule has 0 unspecified atom stereocenters. The summed E-state index contributed by atoms with van der Waals surface area (Å²) in [6.45, 7) is 0. The van der Waals surface area contributed by atoms with Gasteiger partial charge in [0.25, 0.3) is 0 Å². The van der Waals surface area contributed by atoms with Crippen molar-refractivity contribution in [1.82, 2.24) is 0 Å². The molecule has 1 heterocycles. The van der Waals surface area contributed by atoms with Crippen LogP contribution in [-0.4, -0.2) is 18.4 Å². The Hall–Kier alpha value is -3.88. The highest BCUT2D eigenvalue weighted by molar-refractivity contribution is 6.30. The van der Waals surface area contributed by atoms with Gasteiger partial charge in [-0.15, -0.1) is 0 Å². The lowest BCUT2D eigenvalue weighted by Crippen LogP contribution is -2.62. The molecule has 4 aromatic carbocycles. The molecule has 0 radical (unpaired) electrons. The van der Waals surface area contributed by atoms with Crippen molar-refractivity contribution in [3.63, 3.8) is 0 Å². The van der Waals surface area contributed by atoms with E-state index in [0.29, 0.717) is 5.02 Å². The van der Waals surface area contributed by atoms with E-state index in [1.807, 2.05) is 42.5 Å². The van der Waals surface area contributed by atoms with Gasteiger partial charge in [-0.1, -0.05) is 115 Å². The fourth-order valence-corrected chi connectivity index (χ4v) is 8.04. The minimum atomic E-state index is -0.574. The fourth-order valence-electron chi connectivity index (χ4n) is 7.91. The summed E-state index contributed by atoms with van der Waals surface area (Å²) in [7, 11) is 2.21. The van der Waals surface area contributed by atoms with Crippen LogP contribution in [0.25, 0.3) is 11.1 Å². The maximum Gasteiger partial charge on any atom is 0.173 e. The van der Waals surface area contributed by atoms with Crippen molar-refractivity contribution in [2.24, 2.45) is 5.92 Å². The summed E-state index contributed by atoms with van der Waals surface area (Å²) in [5, 5.41) is 0.692. The van der Waals surface area contributed by atoms with Crippen LogP contribution in [-0.2, 0) is 5.41 Å². The molecule has 4 aromatic rings. The average Bonchev–Trinajstić information content (AvgIpc) is 3.58. The first-order valence-electron chi connectivity index (χ1n) is 14.2. The van der Waals surface area contributed by atoms with Crippen LogP contribution in [0.5, 0.6) is 0 Å². The number of Topliss-reactive ketones (excluding diaryl/α,β-unsaturated/α-hetero) is 1. The van der Waals surface area contributed by atoms with E-state index in [9.17, 15) is 4.79 Å². The van der Waals surface area contributed by atoms with Crippen LogP contribution in [0.2, 0.25) is 5.02 Å². The van der Waals surface area contributed by atoms with Gasteiger partial charge in [0, 0.05) is 28.7 Å². The van der Waals surface area contributed by atoms with Crippen molar-refractivity contribution >= 4 is 34.2 Å². The summed E-state index contributed by atoms with van der Waals surface area (Å²) >= 11 is 6.37. The lowest BCUT2D eigenvalue weighted by Gasteiger charge is -2.53. The number of ketones is 1. The van der Waals surface area contributed by atoms with E-state index in [4.69, 9.17) is 11.6 Å². The first-order chi connectivity index (χ1) is 19.5. The number of para-hydroxylation sites is 1. The monoisotopic (exact) mass is 541 g/mol. The average molecular weight is 542 g/mol. The number of halogens is 1. The van der Waals surface area contributed by atoms with Gasteiger partial charge in [-0.25, -0.2) is 0 Å². The number of anilines is 1. The van der Waals surface area contributed by atoms with E-state index in [1.165, 1.54) is 11.3 Å². The number of carbonyl (C=O) groups excluding carboxylic acids is 1. The molecule has 3 heteroatoms. The number of nitrogens with zero attached hydrogens (tertiary/aromatic N) is 1. The highest BCUT2D eigenvalue weighted by Gasteiger charge is 2.66. The molecule has 0 aromatic heterocycles. The van der Waals surface area contributed by atoms with Crippen LogP contribution in [0.3, 0.4) is 0 Å². The Balaban J connectivity index is 1.57. The zero-order valence-corrected chi connectivity index (χ0v) is 23.4. The highest BCUT2D eigenvalue weighted by Crippen LogP contribution is 2.65. The minimum absolute atomic E-state index is 0.163. The van der Waals surface area contributed by atoms with E-state index in [1.54, 1.807) is 0 Å². The number of carbonyl (C=O) groups is 1. The van der Waals surface area contributed by atoms with Gasteiger partial charge >= 0.3 is 0 Å². The molecule has 1 fully saturated rings. The van der Waals surface area contributed by atoms with E-state index >= 15 is 0 Å². The molecule has 1 aliphatic heterocycles. The number of allylic oxidation sites excluding steroid dienone is 2. The van der Waals surface area contributed by atoms with Gasteiger partial charge in [-0.2, -0.15) is 0 Å². The minimum Gasteiger partial charge on any atom is -0.363 e. The Morgan fingerprint density at radius 2 is 1.40 bits per heavy atom. The van der Waals surface area contributed by atoms with Crippen LogP contribution < -0.4 is 4.90 Å². The summed E-state index contributed by atoms with van der Waals surface area (Å²) in [6, 6.07) is 37.3. The van der Waals surface area contributed by atoms with E-state index in [2.05, 4.69) is 90.8 Å². The standard InChI is InChI=1S/C37H32ClNO/c1-39-33-17-9-8-16-32(33)36(22-10-11-23-36)37(39)25-29(26-12-4-2-5-13-26)24-31(27-18-20-30(38)21-19-27)34(37)35(40)28-14-6-3-7-15-28/h2-9,12-21,24-25,34H,10-11,22-23H2,1H3/t34-,37-/m0/s1. The van der Waals surface area contributed by atoms with Gasteiger partial charge < -0.3 is 4.90 Å². The first-order valence-corrected chi connectivity index (χ1v) is 14.6. The van der Waals surface area contributed by atoms with Gasteiger partial charge in [0.15, 0.2) is 5.78 Å². The molecule has 3 aliphatic rings. The van der Waals surface area contributed by atoms with Crippen molar-refractivity contribution in [3.05, 3.63) is 149 Å². The molecule has 1 saturated carbocycles. The summed E-state index contributed by atoms with van der Waals surface area (Å²) < 4.78 is 0. The molecule has 2 nitrogen and oxygen atoms in total. The smallest absolute Gasteiger partial charge is 0.173 e. The Morgan fingerprint density at radius 1 is 0.775 bits per heavy atom. The second kappa shape index (κ2) is 9.64. The van der Waals surface area contributed by atoms with Crippen molar-refractivity contribution in [1.29, 1.82) is 0 Å². The Bertz CT molecular complexity index is 1630. The van der Waals surface area contributed by atoms with Crippen molar-refractivity contribution in [3.8, 4) is 0 Å². The van der Waals surface area contributed by atoms with Crippen molar-refractivity contribution < 1.29 is 4.79 Å². The lowest BCUT2D eigenvalue weighted by molar-refractivity contribution is 0.0874. The van der Waals surface area contributed by atoms with E-state index in [-0.39, 0.29) is 11.2 Å². The maximum atomic E-state index is 15.0. The third-order valence-electron chi connectivity index (χ3n) is 9.60. The molecular formula is C37H32ClNO. The third-order valence-corrected chi connectivity index (χ3v) is 9.85. The van der Waals surface area contributed by atoms with Gasteiger partial charge in [0.2, 0.25) is 0 Å². The zero-order valence-electron chi connectivity index (χ0n) is 22.7. The van der Waals surface area contributed by atoms with Crippen LogP contribution >= 0.6 is 11.6 Å². The Kier molecular flexibility index (Phi) is 6.05. The number of rotatable bonds is 4. The van der Waals surface area contributed by atoms with E-state index < -0.39 is 11.5 Å². The molecule has 2 aliphatic carbocycles. The van der Waals surface area contributed by atoms with Crippen molar-refractivity contribution in [2.75, 3.05) is 11.9 Å². The van der Waals surface area contributed by atoms with Crippen LogP contribution in [0.1, 0.15) is 52.7 Å². The molecular weight excluding hydrogens is 510 g/mol. The summed E-state index contributed by atoms with van der Waals surface area (Å²) in [5.74, 6) is -0.241. The molecule has 2 spiro atoms. The first kappa shape index (κ1) is 25.1. The quantitative estimate of drug-likeness (QED) is 0.240. The highest BCUT2D eigenvalue weighted by atomic mass is 35.5. The largest absolute Gasteiger partial charge is 0.363 e. The molecule has 2 atom stereocenters. The second-order valence-corrected chi connectivity index (χ2v) is 11.9. The number of likely N-dealkylation sites (N-methyl/N-ethyl adjacent to an activating group) is 1. The summed E-state index contributed by atoms with van der Waals surface area (Å²) in [4.78, 5) is 17.4. The molecule has 40 heavy (non-hydrogen) atoms. The number of hydrogen-bond acceptors (Lipinski definition) is 2. The SMILES string of the molecule is CN1c2ccccc2C2(CCCC2)[C@@]12C=C(c1ccccc1)C=C(c1ccc(Cl)cc1)[C@H]2C(=O)c1ccccc1. The molecule has 7 rings (SSSR count). The zero-order chi connectivity index (χ0) is 27.3.